The van der Waals surface area contributed by atoms with Gasteiger partial charge in [0.05, 0.1) is 5.02 Å². The maximum atomic E-state index is 10.2. The fourth-order valence-corrected chi connectivity index (χ4v) is 3.26. The Balaban J connectivity index is 1.73. The van der Waals surface area contributed by atoms with Crippen LogP contribution in [-0.2, 0) is 6.42 Å². The van der Waals surface area contributed by atoms with Gasteiger partial charge in [0.25, 0.3) is 0 Å². The molecule has 0 spiro atoms. The van der Waals surface area contributed by atoms with Crippen LogP contribution in [0, 0.1) is 5.92 Å². The van der Waals surface area contributed by atoms with Crippen LogP contribution in [0.3, 0.4) is 0 Å². The highest BCUT2D eigenvalue weighted by atomic mass is 35.5. The van der Waals surface area contributed by atoms with Gasteiger partial charge in [-0.2, -0.15) is 0 Å². The first-order valence-corrected chi connectivity index (χ1v) is 8.49. The summed E-state index contributed by atoms with van der Waals surface area (Å²) in [7, 11) is 0. The summed E-state index contributed by atoms with van der Waals surface area (Å²) in [4.78, 5) is 0. The maximum Gasteiger partial charge on any atom is 0.169 e. The van der Waals surface area contributed by atoms with Gasteiger partial charge in [-0.3, -0.25) is 0 Å². The molecule has 4 heteroatoms. The molecule has 2 nitrogen and oxygen atoms in total. The number of phenols is 1. The van der Waals surface area contributed by atoms with E-state index in [0.29, 0.717) is 27.5 Å². The first kappa shape index (κ1) is 16.2. The Labute approximate surface area is 146 Å². The van der Waals surface area contributed by atoms with Gasteiger partial charge in [0.15, 0.2) is 11.5 Å². The highest BCUT2D eigenvalue weighted by Crippen LogP contribution is 2.36. The van der Waals surface area contributed by atoms with E-state index in [2.05, 4.69) is 12.2 Å². The van der Waals surface area contributed by atoms with E-state index in [0.717, 1.165) is 12.0 Å². The molecule has 1 aliphatic carbocycles. The van der Waals surface area contributed by atoms with E-state index in [1.165, 1.54) is 19.3 Å². The largest absolute Gasteiger partial charge is 0.504 e. The van der Waals surface area contributed by atoms with Gasteiger partial charge >= 0.3 is 0 Å². The Kier molecular flexibility index (Phi) is 5.14. The molecule has 1 N–H and O–H groups in total. The van der Waals surface area contributed by atoms with Gasteiger partial charge in [0.1, 0.15) is 5.75 Å². The molecule has 0 aromatic heterocycles. The minimum atomic E-state index is 0.119. The highest BCUT2D eigenvalue weighted by Gasteiger charge is 2.12. The molecular formula is C19H18Cl2O2. The van der Waals surface area contributed by atoms with Crippen LogP contribution in [0.15, 0.2) is 48.6 Å². The van der Waals surface area contributed by atoms with Crippen LogP contribution in [0.2, 0.25) is 10.0 Å². The van der Waals surface area contributed by atoms with E-state index < -0.39 is 0 Å². The smallest absolute Gasteiger partial charge is 0.169 e. The van der Waals surface area contributed by atoms with Crippen molar-refractivity contribution >= 4 is 23.2 Å². The summed E-state index contributed by atoms with van der Waals surface area (Å²) in [6, 6.07) is 10.5. The average Bonchev–Trinajstić information content (AvgIpc) is 2.53. The number of rotatable bonds is 4. The van der Waals surface area contributed by atoms with Crippen LogP contribution < -0.4 is 4.74 Å². The molecule has 1 unspecified atom stereocenters. The molecule has 1 atom stereocenters. The number of halogens is 2. The van der Waals surface area contributed by atoms with Crippen LogP contribution in [-0.4, -0.2) is 5.11 Å². The van der Waals surface area contributed by atoms with Crippen molar-refractivity contribution in [3.63, 3.8) is 0 Å². The summed E-state index contributed by atoms with van der Waals surface area (Å²) in [5.74, 6) is 1.53. The Morgan fingerprint density at radius 2 is 1.91 bits per heavy atom. The van der Waals surface area contributed by atoms with Crippen LogP contribution in [0.25, 0.3) is 0 Å². The summed E-state index contributed by atoms with van der Waals surface area (Å²) in [6.07, 6.45) is 9.08. The van der Waals surface area contributed by atoms with E-state index in [4.69, 9.17) is 27.9 Å². The van der Waals surface area contributed by atoms with E-state index >= 15 is 0 Å². The van der Waals surface area contributed by atoms with E-state index in [1.807, 2.05) is 6.07 Å². The van der Waals surface area contributed by atoms with Gasteiger partial charge in [0, 0.05) is 5.02 Å². The molecule has 0 heterocycles. The molecule has 3 rings (SSSR count). The Hall–Kier alpha value is -1.64. The fourth-order valence-electron chi connectivity index (χ4n) is 2.81. The summed E-state index contributed by atoms with van der Waals surface area (Å²) >= 11 is 12.0. The number of benzene rings is 2. The minimum absolute atomic E-state index is 0.119. The lowest BCUT2D eigenvalue weighted by molar-refractivity contribution is 0.410. The Bertz CT molecular complexity index is 725. The summed E-state index contributed by atoms with van der Waals surface area (Å²) in [6.45, 7) is 0. The number of aromatic hydroxyl groups is 1. The Morgan fingerprint density at radius 3 is 2.61 bits per heavy atom. The topological polar surface area (TPSA) is 29.5 Å². The first-order valence-electron chi connectivity index (χ1n) is 7.73. The number of hydrogen-bond acceptors (Lipinski definition) is 2. The van der Waals surface area contributed by atoms with Crippen molar-refractivity contribution in [1.82, 2.24) is 0 Å². The van der Waals surface area contributed by atoms with Gasteiger partial charge in [-0.15, -0.1) is 0 Å². The maximum absolute atomic E-state index is 10.2. The van der Waals surface area contributed by atoms with Crippen molar-refractivity contribution in [3.8, 4) is 17.2 Å². The van der Waals surface area contributed by atoms with Gasteiger partial charge in [-0.25, -0.2) is 0 Å². The predicted molar refractivity (Wildman–Crippen MR) is 94.8 cm³/mol. The third-order valence-corrected chi connectivity index (χ3v) is 4.52. The minimum Gasteiger partial charge on any atom is -0.504 e. The lowest BCUT2D eigenvalue weighted by Crippen LogP contribution is -2.04. The third kappa shape index (κ3) is 4.21. The molecule has 0 bridgehead atoms. The third-order valence-electron chi connectivity index (χ3n) is 3.99. The molecule has 0 saturated heterocycles. The van der Waals surface area contributed by atoms with E-state index in [1.54, 1.807) is 30.3 Å². The van der Waals surface area contributed by atoms with Crippen molar-refractivity contribution in [2.24, 2.45) is 5.92 Å². The zero-order valence-electron chi connectivity index (χ0n) is 12.6. The van der Waals surface area contributed by atoms with Gasteiger partial charge in [-0.05, 0) is 67.5 Å². The molecular weight excluding hydrogens is 331 g/mol. The van der Waals surface area contributed by atoms with E-state index in [-0.39, 0.29) is 5.75 Å². The molecule has 0 aliphatic heterocycles. The zero-order chi connectivity index (χ0) is 16.2. The number of phenolic OH excluding ortho intramolecular Hbond substituents is 1. The average molecular weight is 349 g/mol. The number of allylic oxidation sites excluding steroid dienone is 2. The molecule has 0 radical (unpaired) electrons. The van der Waals surface area contributed by atoms with Crippen molar-refractivity contribution in [1.29, 1.82) is 0 Å². The SMILES string of the molecule is Oc1cc(CC2C=CCCC2)ccc1Oc1ccc(Cl)cc1Cl. The van der Waals surface area contributed by atoms with Crippen LogP contribution in [0.1, 0.15) is 24.8 Å². The summed E-state index contributed by atoms with van der Waals surface area (Å²) in [5, 5.41) is 11.2. The lowest BCUT2D eigenvalue weighted by Gasteiger charge is -2.17. The second kappa shape index (κ2) is 7.29. The molecule has 0 amide bonds. The normalized spacial score (nSPS) is 17.2. The van der Waals surface area contributed by atoms with Gasteiger partial charge in [-0.1, -0.05) is 41.4 Å². The molecule has 23 heavy (non-hydrogen) atoms. The monoisotopic (exact) mass is 348 g/mol. The Morgan fingerprint density at radius 1 is 1.09 bits per heavy atom. The lowest BCUT2D eigenvalue weighted by atomic mass is 9.90. The fraction of sp³-hybridized carbons (Fsp3) is 0.263. The van der Waals surface area contributed by atoms with Crippen molar-refractivity contribution < 1.29 is 9.84 Å². The van der Waals surface area contributed by atoms with Crippen LogP contribution in [0.4, 0.5) is 0 Å². The summed E-state index contributed by atoms with van der Waals surface area (Å²) < 4.78 is 5.69. The highest BCUT2D eigenvalue weighted by molar-refractivity contribution is 6.35. The van der Waals surface area contributed by atoms with Gasteiger partial charge < -0.3 is 9.84 Å². The zero-order valence-corrected chi connectivity index (χ0v) is 14.1. The molecule has 2 aromatic carbocycles. The van der Waals surface area contributed by atoms with Gasteiger partial charge in [0.2, 0.25) is 0 Å². The first-order chi connectivity index (χ1) is 11.1. The predicted octanol–water partition coefficient (Wildman–Crippen LogP) is 6.39. The molecule has 1 aliphatic rings. The van der Waals surface area contributed by atoms with Crippen LogP contribution >= 0.6 is 23.2 Å². The van der Waals surface area contributed by atoms with Crippen LogP contribution in [0.5, 0.6) is 17.2 Å². The molecule has 0 fully saturated rings. The molecule has 0 saturated carbocycles. The quantitative estimate of drug-likeness (QED) is 0.648. The van der Waals surface area contributed by atoms with Crippen molar-refractivity contribution in [2.45, 2.75) is 25.7 Å². The number of hydrogen-bond donors (Lipinski definition) is 1. The standard InChI is InChI=1S/C19H18Cl2O2/c20-15-7-9-18(16(21)12-15)23-19-8-6-14(11-17(19)22)10-13-4-2-1-3-5-13/h2,4,6-9,11-13,22H,1,3,5,10H2. The van der Waals surface area contributed by atoms with Crippen molar-refractivity contribution in [2.75, 3.05) is 0 Å². The second-order valence-electron chi connectivity index (χ2n) is 5.80. The molecule has 120 valence electrons. The summed E-state index contributed by atoms with van der Waals surface area (Å²) in [5.41, 5.74) is 1.11. The number of ether oxygens (including phenoxy) is 1. The van der Waals surface area contributed by atoms with E-state index in [9.17, 15) is 5.11 Å². The second-order valence-corrected chi connectivity index (χ2v) is 6.65. The van der Waals surface area contributed by atoms with Crippen molar-refractivity contribution in [3.05, 3.63) is 64.2 Å². The molecule has 2 aromatic rings.